The van der Waals surface area contributed by atoms with Crippen molar-refractivity contribution in [2.24, 2.45) is 0 Å². The Kier molecular flexibility index (Phi) is 5.41. The summed E-state index contributed by atoms with van der Waals surface area (Å²) in [4.78, 5) is 26.4. The molecule has 0 unspecified atom stereocenters. The van der Waals surface area contributed by atoms with Crippen molar-refractivity contribution in [1.29, 1.82) is 0 Å². The Morgan fingerprint density at radius 2 is 2.24 bits per heavy atom. The van der Waals surface area contributed by atoms with E-state index in [0.717, 1.165) is 10.7 Å². The normalized spacial score (nSPS) is 9.76. The second-order valence-electron chi connectivity index (χ2n) is 3.23. The molecule has 6 nitrogen and oxygen atoms in total. The summed E-state index contributed by atoms with van der Waals surface area (Å²) in [5.74, 6) is -0.272. The van der Waals surface area contributed by atoms with Gasteiger partial charge in [-0.3, -0.25) is 4.79 Å². The van der Waals surface area contributed by atoms with Crippen molar-refractivity contribution in [1.82, 2.24) is 15.6 Å². The van der Waals surface area contributed by atoms with Crippen molar-refractivity contribution < 1.29 is 14.3 Å². The summed E-state index contributed by atoms with van der Waals surface area (Å²) in [7, 11) is 0. The third kappa shape index (κ3) is 5.30. The van der Waals surface area contributed by atoms with Crippen molar-refractivity contribution in [3.05, 3.63) is 16.1 Å². The second-order valence-corrected chi connectivity index (χ2v) is 4.18. The van der Waals surface area contributed by atoms with Gasteiger partial charge in [0.25, 0.3) is 0 Å². The smallest absolute Gasteiger partial charge is 0.407 e. The van der Waals surface area contributed by atoms with E-state index in [1.54, 1.807) is 6.92 Å². The summed E-state index contributed by atoms with van der Waals surface area (Å²) in [6.07, 6.45) is -0.590. The highest BCUT2D eigenvalue weighted by Gasteiger charge is 2.06. The first kappa shape index (κ1) is 13.4. The number of carbonyl (C=O) groups excluding carboxylic acids is 2. The summed E-state index contributed by atoms with van der Waals surface area (Å²) in [6, 6.07) is 0. The number of hydrogen-bond donors (Lipinski definition) is 2. The third-order valence-corrected chi connectivity index (χ3v) is 2.74. The number of thiazole rings is 1. The molecule has 1 heterocycles. The number of carbonyl (C=O) groups is 2. The number of aromatic nitrogens is 1. The van der Waals surface area contributed by atoms with Crippen LogP contribution in [0.25, 0.3) is 0 Å². The summed E-state index contributed by atoms with van der Waals surface area (Å²) in [5, 5.41) is 7.74. The lowest BCUT2D eigenvalue weighted by Crippen LogP contribution is -2.36. The predicted octanol–water partition coefficient (Wildman–Crippen LogP) is 0.814. The van der Waals surface area contributed by atoms with Gasteiger partial charge >= 0.3 is 6.09 Å². The van der Waals surface area contributed by atoms with E-state index in [1.165, 1.54) is 11.3 Å². The molecule has 0 aromatic carbocycles. The van der Waals surface area contributed by atoms with Gasteiger partial charge in [0.05, 0.1) is 13.2 Å². The number of hydrogen-bond acceptors (Lipinski definition) is 5. The molecule has 0 aliphatic rings. The van der Waals surface area contributed by atoms with Crippen LogP contribution in [-0.4, -0.2) is 30.1 Å². The molecule has 0 saturated heterocycles. The largest absolute Gasteiger partial charge is 0.450 e. The van der Waals surface area contributed by atoms with Crippen molar-refractivity contribution >= 4 is 23.3 Å². The van der Waals surface area contributed by atoms with Crippen molar-refractivity contribution in [2.45, 2.75) is 20.4 Å². The van der Waals surface area contributed by atoms with Crippen LogP contribution in [0.15, 0.2) is 5.38 Å². The van der Waals surface area contributed by atoms with Gasteiger partial charge in [0.2, 0.25) is 5.91 Å². The number of amides is 2. The van der Waals surface area contributed by atoms with E-state index in [4.69, 9.17) is 0 Å². The Labute approximate surface area is 103 Å². The van der Waals surface area contributed by atoms with Gasteiger partial charge < -0.3 is 15.4 Å². The van der Waals surface area contributed by atoms with Crippen molar-refractivity contribution in [3.8, 4) is 0 Å². The topological polar surface area (TPSA) is 80.3 Å². The predicted molar refractivity (Wildman–Crippen MR) is 63.7 cm³/mol. The third-order valence-electron chi connectivity index (χ3n) is 1.77. The van der Waals surface area contributed by atoms with Crippen LogP contribution >= 0.6 is 11.3 Å². The fourth-order valence-corrected chi connectivity index (χ4v) is 1.77. The maximum absolute atomic E-state index is 11.3. The average Bonchev–Trinajstić information content (AvgIpc) is 2.70. The molecule has 17 heavy (non-hydrogen) atoms. The van der Waals surface area contributed by atoms with Crippen LogP contribution in [0.1, 0.15) is 17.6 Å². The minimum Gasteiger partial charge on any atom is -0.450 e. The van der Waals surface area contributed by atoms with Crippen LogP contribution in [0.3, 0.4) is 0 Å². The summed E-state index contributed by atoms with van der Waals surface area (Å²) >= 11 is 1.49. The molecule has 0 radical (unpaired) electrons. The zero-order chi connectivity index (χ0) is 12.7. The molecule has 0 bridgehead atoms. The van der Waals surface area contributed by atoms with E-state index >= 15 is 0 Å². The molecule has 1 aromatic heterocycles. The monoisotopic (exact) mass is 257 g/mol. The lowest BCUT2D eigenvalue weighted by molar-refractivity contribution is -0.120. The zero-order valence-electron chi connectivity index (χ0n) is 9.78. The number of nitrogens with zero attached hydrogens (tertiary/aromatic N) is 1. The average molecular weight is 257 g/mol. The van der Waals surface area contributed by atoms with E-state index in [9.17, 15) is 9.59 Å². The number of alkyl carbamates (subject to hydrolysis) is 1. The Bertz CT molecular complexity index is 392. The molecule has 0 aliphatic carbocycles. The highest BCUT2D eigenvalue weighted by Crippen LogP contribution is 2.07. The Hall–Kier alpha value is -1.63. The maximum Gasteiger partial charge on any atom is 0.407 e. The molecular weight excluding hydrogens is 242 g/mol. The summed E-state index contributed by atoms with van der Waals surface area (Å²) in [5.41, 5.74) is 0.934. The quantitative estimate of drug-likeness (QED) is 0.818. The zero-order valence-corrected chi connectivity index (χ0v) is 10.6. The van der Waals surface area contributed by atoms with Crippen molar-refractivity contribution in [3.63, 3.8) is 0 Å². The summed E-state index contributed by atoms with van der Waals surface area (Å²) < 4.78 is 4.62. The molecule has 2 N–H and O–H groups in total. The van der Waals surface area contributed by atoms with Crippen LogP contribution in [0.4, 0.5) is 4.79 Å². The number of aryl methyl sites for hydroxylation is 1. The number of rotatable bonds is 5. The molecule has 0 fully saturated rings. The Morgan fingerprint density at radius 1 is 1.47 bits per heavy atom. The van der Waals surface area contributed by atoms with E-state index in [2.05, 4.69) is 20.4 Å². The fourth-order valence-electron chi connectivity index (χ4n) is 1.06. The minimum atomic E-state index is -0.590. The lowest BCUT2D eigenvalue weighted by Gasteiger charge is -2.05. The van der Waals surface area contributed by atoms with Gasteiger partial charge in [0.15, 0.2) is 0 Å². The van der Waals surface area contributed by atoms with Gasteiger partial charge in [-0.05, 0) is 13.8 Å². The molecule has 2 amide bonds. The second kappa shape index (κ2) is 6.85. The van der Waals surface area contributed by atoms with Crippen LogP contribution in [0, 0.1) is 6.92 Å². The summed E-state index contributed by atoms with van der Waals surface area (Å²) in [6.45, 7) is 4.16. The molecule has 94 valence electrons. The first-order chi connectivity index (χ1) is 8.11. The van der Waals surface area contributed by atoms with E-state index in [-0.39, 0.29) is 19.1 Å². The van der Waals surface area contributed by atoms with Gasteiger partial charge in [-0.15, -0.1) is 11.3 Å². The lowest BCUT2D eigenvalue weighted by atomic mass is 10.5. The first-order valence-corrected chi connectivity index (χ1v) is 6.08. The van der Waals surface area contributed by atoms with Crippen LogP contribution < -0.4 is 10.6 Å². The van der Waals surface area contributed by atoms with E-state index < -0.39 is 6.09 Å². The number of ether oxygens (including phenoxy) is 1. The van der Waals surface area contributed by atoms with Crippen LogP contribution in [0.2, 0.25) is 0 Å². The fraction of sp³-hybridized carbons (Fsp3) is 0.500. The number of nitrogens with one attached hydrogen (secondary N) is 2. The molecule has 0 atom stereocenters. The van der Waals surface area contributed by atoms with Gasteiger partial charge in [0.1, 0.15) is 11.6 Å². The highest BCUT2D eigenvalue weighted by molar-refractivity contribution is 7.09. The Morgan fingerprint density at radius 3 is 2.82 bits per heavy atom. The SMILES string of the molecule is CCOC(=O)NCC(=O)NCc1nc(C)cs1. The standard InChI is InChI=1S/C10H15N3O3S/c1-3-16-10(15)12-4-8(14)11-5-9-13-7(2)6-17-9/h6H,3-5H2,1-2H3,(H,11,14)(H,12,15). The van der Waals surface area contributed by atoms with Gasteiger partial charge in [-0.25, -0.2) is 9.78 Å². The minimum absolute atomic E-state index is 0.0941. The van der Waals surface area contributed by atoms with E-state index in [1.807, 2.05) is 12.3 Å². The highest BCUT2D eigenvalue weighted by atomic mass is 32.1. The molecule has 0 aliphatic heterocycles. The molecule has 0 spiro atoms. The van der Waals surface area contributed by atoms with Crippen LogP contribution in [0.5, 0.6) is 0 Å². The molecular formula is C10H15N3O3S. The molecule has 1 aromatic rings. The maximum atomic E-state index is 11.3. The van der Waals surface area contributed by atoms with Gasteiger partial charge in [-0.2, -0.15) is 0 Å². The molecule has 1 rings (SSSR count). The molecule has 0 saturated carbocycles. The Balaban J connectivity index is 2.19. The first-order valence-electron chi connectivity index (χ1n) is 5.20. The van der Waals surface area contributed by atoms with Crippen LogP contribution in [-0.2, 0) is 16.1 Å². The van der Waals surface area contributed by atoms with Gasteiger partial charge in [0, 0.05) is 11.1 Å². The van der Waals surface area contributed by atoms with Gasteiger partial charge in [-0.1, -0.05) is 0 Å². The van der Waals surface area contributed by atoms with Crippen molar-refractivity contribution in [2.75, 3.05) is 13.2 Å². The molecule has 7 heteroatoms. The van der Waals surface area contributed by atoms with E-state index in [0.29, 0.717) is 6.54 Å².